The molecule has 1 atom stereocenters. The largest absolute Gasteiger partial charge is 0.484 e. The quantitative estimate of drug-likeness (QED) is 0.250. The van der Waals surface area contributed by atoms with Crippen molar-refractivity contribution < 1.29 is 14.3 Å². The number of carbonyl (C=O) groups is 2. The van der Waals surface area contributed by atoms with Crippen molar-refractivity contribution in [1.29, 1.82) is 0 Å². The Balaban J connectivity index is 1.43. The highest BCUT2D eigenvalue weighted by molar-refractivity contribution is 8.00. The van der Waals surface area contributed by atoms with Crippen LogP contribution in [-0.4, -0.2) is 18.4 Å². The predicted octanol–water partition coefficient (Wildman–Crippen LogP) is 6.79. The Hall–Kier alpha value is -4.03. The van der Waals surface area contributed by atoms with E-state index in [1.807, 2.05) is 105 Å². The molecule has 0 spiro atoms. The minimum Gasteiger partial charge on any atom is -0.484 e. The standard InChI is InChI=1S/C30H28N2O3S/c1-21-10-9-11-22(2)28(21)32-30(34)29(23-12-5-3-6-13-23)36-26-18-16-24(17-19-26)31-27(33)20-35-25-14-7-4-8-15-25/h3-19,29H,20H2,1-2H3,(H,31,33)(H,32,34). The van der Waals surface area contributed by atoms with E-state index < -0.39 is 5.25 Å². The summed E-state index contributed by atoms with van der Waals surface area (Å²) in [5.74, 6) is 0.318. The van der Waals surface area contributed by atoms with Crippen molar-refractivity contribution in [3.8, 4) is 5.75 Å². The zero-order valence-corrected chi connectivity index (χ0v) is 21.0. The van der Waals surface area contributed by atoms with Gasteiger partial charge in [0.1, 0.15) is 11.0 Å². The topological polar surface area (TPSA) is 67.4 Å². The van der Waals surface area contributed by atoms with Crippen LogP contribution < -0.4 is 15.4 Å². The highest BCUT2D eigenvalue weighted by Crippen LogP contribution is 2.37. The first kappa shape index (κ1) is 25.1. The molecule has 6 heteroatoms. The van der Waals surface area contributed by atoms with Gasteiger partial charge in [-0.05, 0) is 66.9 Å². The first-order valence-corrected chi connectivity index (χ1v) is 12.5. The van der Waals surface area contributed by atoms with Crippen molar-refractivity contribution in [2.75, 3.05) is 17.2 Å². The number of anilines is 2. The highest BCUT2D eigenvalue weighted by Gasteiger charge is 2.23. The van der Waals surface area contributed by atoms with Gasteiger partial charge in [0, 0.05) is 16.3 Å². The molecule has 0 aromatic heterocycles. The second kappa shape index (κ2) is 12.1. The normalized spacial score (nSPS) is 11.4. The zero-order valence-electron chi connectivity index (χ0n) is 20.2. The molecule has 0 aliphatic heterocycles. The van der Waals surface area contributed by atoms with E-state index in [9.17, 15) is 9.59 Å². The summed E-state index contributed by atoms with van der Waals surface area (Å²) in [4.78, 5) is 26.6. The fourth-order valence-corrected chi connectivity index (χ4v) is 4.74. The fraction of sp³-hybridized carbons (Fsp3) is 0.133. The van der Waals surface area contributed by atoms with Crippen molar-refractivity contribution in [3.63, 3.8) is 0 Å². The summed E-state index contributed by atoms with van der Waals surface area (Å²) in [6.07, 6.45) is 0. The molecule has 0 heterocycles. The molecule has 0 aliphatic carbocycles. The van der Waals surface area contributed by atoms with E-state index in [2.05, 4.69) is 10.6 Å². The summed E-state index contributed by atoms with van der Waals surface area (Å²) in [5, 5.41) is 5.53. The van der Waals surface area contributed by atoms with Gasteiger partial charge in [-0.2, -0.15) is 0 Å². The van der Waals surface area contributed by atoms with Gasteiger partial charge in [0.15, 0.2) is 6.61 Å². The Labute approximate surface area is 215 Å². The van der Waals surface area contributed by atoms with Gasteiger partial charge >= 0.3 is 0 Å². The molecule has 0 fully saturated rings. The molecule has 2 amide bonds. The number of hydrogen-bond acceptors (Lipinski definition) is 4. The van der Waals surface area contributed by atoms with Crippen LogP contribution in [0.3, 0.4) is 0 Å². The molecular weight excluding hydrogens is 468 g/mol. The molecule has 1 unspecified atom stereocenters. The van der Waals surface area contributed by atoms with E-state index in [1.54, 1.807) is 12.1 Å². The lowest BCUT2D eigenvalue weighted by atomic mass is 10.1. The molecule has 2 N–H and O–H groups in total. The summed E-state index contributed by atoms with van der Waals surface area (Å²) in [7, 11) is 0. The summed E-state index contributed by atoms with van der Waals surface area (Å²) < 4.78 is 5.50. The van der Waals surface area contributed by atoms with Gasteiger partial charge in [-0.1, -0.05) is 66.7 Å². The van der Waals surface area contributed by atoms with Gasteiger partial charge in [-0.25, -0.2) is 0 Å². The monoisotopic (exact) mass is 496 g/mol. The zero-order chi connectivity index (χ0) is 25.3. The molecule has 0 aliphatic rings. The number of ether oxygens (including phenoxy) is 1. The minimum absolute atomic E-state index is 0.0743. The van der Waals surface area contributed by atoms with Gasteiger partial charge in [0.05, 0.1) is 0 Å². The summed E-state index contributed by atoms with van der Waals surface area (Å²) in [6, 6.07) is 32.4. The Bertz CT molecular complexity index is 1290. The van der Waals surface area contributed by atoms with Crippen molar-refractivity contribution in [3.05, 3.63) is 120 Å². The lowest BCUT2D eigenvalue weighted by Gasteiger charge is -2.19. The van der Waals surface area contributed by atoms with E-state index in [0.29, 0.717) is 11.4 Å². The van der Waals surface area contributed by atoms with Gasteiger partial charge in [0.25, 0.3) is 5.91 Å². The molecule has 0 radical (unpaired) electrons. The smallest absolute Gasteiger partial charge is 0.262 e. The summed E-state index contributed by atoms with van der Waals surface area (Å²) in [6.45, 7) is 3.91. The third-order valence-electron chi connectivity index (χ3n) is 5.57. The third-order valence-corrected chi connectivity index (χ3v) is 6.84. The second-order valence-corrected chi connectivity index (χ2v) is 9.52. The van der Waals surface area contributed by atoms with Crippen molar-refractivity contribution in [2.24, 2.45) is 0 Å². The number of carbonyl (C=O) groups excluding carboxylic acids is 2. The molecule has 5 nitrogen and oxygen atoms in total. The molecule has 0 bridgehead atoms. The maximum absolute atomic E-state index is 13.4. The maximum Gasteiger partial charge on any atom is 0.262 e. The minimum atomic E-state index is -0.440. The number of hydrogen-bond donors (Lipinski definition) is 2. The molecule has 4 rings (SSSR count). The molecule has 182 valence electrons. The Morgan fingerprint density at radius 1 is 0.750 bits per heavy atom. The Kier molecular flexibility index (Phi) is 8.42. The molecular formula is C30H28N2O3S. The lowest BCUT2D eigenvalue weighted by molar-refractivity contribution is -0.118. The van der Waals surface area contributed by atoms with Crippen LogP contribution >= 0.6 is 11.8 Å². The van der Waals surface area contributed by atoms with Crippen LogP contribution in [0.25, 0.3) is 0 Å². The number of amides is 2. The first-order chi connectivity index (χ1) is 17.5. The third kappa shape index (κ3) is 6.77. The van der Waals surface area contributed by atoms with Gasteiger partial charge in [-0.3, -0.25) is 9.59 Å². The van der Waals surface area contributed by atoms with E-state index in [4.69, 9.17) is 4.74 Å². The van der Waals surface area contributed by atoms with E-state index in [1.165, 1.54) is 11.8 Å². The van der Waals surface area contributed by atoms with Gasteiger partial charge in [-0.15, -0.1) is 11.8 Å². The first-order valence-electron chi connectivity index (χ1n) is 11.7. The van der Waals surface area contributed by atoms with Crippen LogP contribution in [-0.2, 0) is 9.59 Å². The van der Waals surface area contributed by atoms with Crippen LogP contribution in [0, 0.1) is 13.8 Å². The Morgan fingerprint density at radius 2 is 1.36 bits per heavy atom. The fourth-order valence-electron chi connectivity index (χ4n) is 3.72. The van der Waals surface area contributed by atoms with Crippen LogP contribution in [0.4, 0.5) is 11.4 Å². The average Bonchev–Trinajstić information content (AvgIpc) is 2.90. The molecule has 4 aromatic rings. The number of nitrogens with one attached hydrogen (secondary N) is 2. The summed E-state index contributed by atoms with van der Waals surface area (Å²) in [5.41, 5.74) is 4.48. The van der Waals surface area contributed by atoms with Crippen molar-refractivity contribution in [1.82, 2.24) is 0 Å². The van der Waals surface area contributed by atoms with Crippen molar-refractivity contribution >= 4 is 35.0 Å². The number of rotatable bonds is 9. The average molecular weight is 497 g/mol. The molecule has 36 heavy (non-hydrogen) atoms. The van der Waals surface area contributed by atoms with E-state index in [-0.39, 0.29) is 18.4 Å². The number of para-hydroxylation sites is 2. The Morgan fingerprint density at radius 3 is 2.00 bits per heavy atom. The summed E-state index contributed by atoms with van der Waals surface area (Å²) >= 11 is 1.47. The lowest BCUT2D eigenvalue weighted by Crippen LogP contribution is -2.20. The highest BCUT2D eigenvalue weighted by atomic mass is 32.2. The van der Waals surface area contributed by atoms with E-state index >= 15 is 0 Å². The maximum atomic E-state index is 13.4. The van der Waals surface area contributed by atoms with Crippen LogP contribution in [0.2, 0.25) is 0 Å². The van der Waals surface area contributed by atoms with E-state index in [0.717, 1.165) is 27.3 Å². The second-order valence-electron chi connectivity index (χ2n) is 8.34. The molecule has 0 saturated carbocycles. The SMILES string of the molecule is Cc1cccc(C)c1NC(=O)C(Sc1ccc(NC(=O)COc2ccccc2)cc1)c1ccccc1. The van der Waals surface area contributed by atoms with Crippen LogP contribution in [0.5, 0.6) is 5.75 Å². The molecule has 4 aromatic carbocycles. The van der Waals surface area contributed by atoms with Gasteiger partial charge < -0.3 is 15.4 Å². The number of thioether (sulfide) groups is 1. The van der Waals surface area contributed by atoms with Gasteiger partial charge in [0.2, 0.25) is 5.91 Å². The number of aryl methyl sites for hydroxylation is 2. The predicted molar refractivity (Wildman–Crippen MR) is 147 cm³/mol. The molecule has 0 saturated heterocycles. The number of benzene rings is 4. The van der Waals surface area contributed by atoms with Crippen LogP contribution in [0.15, 0.2) is 108 Å². The van der Waals surface area contributed by atoms with Crippen molar-refractivity contribution in [2.45, 2.75) is 24.0 Å². The van der Waals surface area contributed by atoms with Crippen LogP contribution in [0.1, 0.15) is 21.9 Å².